The van der Waals surface area contributed by atoms with Crippen molar-refractivity contribution in [1.82, 2.24) is 4.90 Å². The number of rotatable bonds is 5. The second kappa shape index (κ2) is 8.23. The Labute approximate surface area is 154 Å². The van der Waals surface area contributed by atoms with Crippen LogP contribution in [0.3, 0.4) is 0 Å². The quantitative estimate of drug-likeness (QED) is 0.889. The molecule has 26 heavy (non-hydrogen) atoms. The Morgan fingerprint density at radius 1 is 1.12 bits per heavy atom. The third-order valence-corrected chi connectivity index (χ3v) is 4.74. The largest absolute Gasteiger partial charge is 0.496 e. The Hall–Kier alpha value is -2.53. The van der Waals surface area contributed by atoms with Gasteiger partial charge in [0.15, 0.2) is 0 Å². The van der Waals surface area contributed by atoms with Crippen molar-refractivity contribution in [2.24, 2.45) is 0 Å². The first-order chi connectivity index (χ1) is 12.5. The molecule has 138 valence electrons. The van der Waals surface area contributed by atoms with E-state index in [0.29, 0.717) is 5.56 Å². The molecule has 1 aliphatic rings. The summed E-state index contributed by atoms with van der Waals surface area (Å²) in [6, 6.07) is 13.0. The number of carbonyl (C=O) groups excluding carboxylic acids is 1. The van der Waals surface area contributed by atoms with E-state index >= 15 is 0 Å². The van der Waals surface area contributed by atoms with Crippen molar-refractivity contribution < 1.29 is 14.3 Å². The monoisotopic (exact) mass is 354 g/mol. The fourth-order valence-corrected chi connectivity index (χ4v) is 3.13. The normalized spacial score (nSPS) is 15.5. The summed E-state index contributed by atoms with van der Waals surface area (Å²) in [5.41, 5.74) is 2.29. The van der Waals surface area contributed by atoms with E-state index in [0.717, 1.165) is 48.7 Å². The molecular weight excluding hydrogens is 328 g/mol. The number of anilines is 1. The molecule has 1 N–H and O–H groups in total. The second-order valence-electron chi connectivity index (χ2n) is 6.78. The average molecular weight is 354 g/mol. The highest BCUT2D eigenvalue weighted by atomic mass is 16.5. The van der Waals surface area contributed by atoms with Gasteiger partial charge in [-0.2, -0.15) is 0 Å². The zero-order valence-corrected chi connectivity index (χ0v) is 15.6. The molecule has 1 heterocycles. The van der Waals surface area contributed by atoms with Crippen LogP contribution < -0.4 is 14.8 Å². The number of hydrogen-bond donors (Lipinski definition) is 1. The number of nitrogens with zero attached hydrogens (tertiary/aromatic N) is 1. The molecule has 5 heteroatoms. The molecule has 0 radical (unpaired) electrons. The number of aryl methyl sites for hydroxylation is 1. The van der Waals surface area contributed by atoms with Crippen LogP contribution in [0.4, 0.5) is 5.69 Å². The van der Waals surface area contributed by atoms with Crippen molar-refractivity contribution >= 4 is 11.6 Å². The molecule has 1 aliphatic heterocycles. The van der Waals surface area contributed by atoms with Crippen LogP contribution in [-0.2, 0) is 0 Å². The summed E-state index contributed by atoms with van der Waals surface area (Å²) in [6.07, 6.45) is 2.37. The smallest absolute Gasteiger partial charge is 0.255 e. The Morgan fingerprint density at radius 3 is 2.42 bits per heavy atom. The number of ether oxygens (including phenoxy) is 2. The zero-order chi connectivity index (χ0) is 18.5. The fraction of sp³-hybridized carbons (Fsp3) is 0.381. The van der Waals surface area contributed by atoms with E-state index < -0.39 is 0 Å². The van der Waals surface area contributed by atoms with Crippen molar-refractivity contribution in [3.63, 3.8) is 0 Å². The minimum atomic E-state index is -0.139. The minimum absolute atomic E-state index is 0.139. The molecule has 0 aliphatic carbocycles. The van der Waals surface area contributed by atoms with Crippen molar-refractivity contribution in [3.05, 3.63) is 53.6 Å². The number of carbonyl (C=O) groups is 1. The van der Waals surface area contributed by atoms with Crippen LogP contribution >= 0.6 is 0 Å². The zero-order valence-electron chi connectivity index (χ0n) is 15.6. The van der Waals surface area contributed by atoms with Gasteiger partial charge in [-0.3, -0.25) is 4.79 Å². The molecule has 2 aromatic carbocycles. The van der Waals surface area contributed by atoms with E-state index in [9.17, 15) is 4.79 Å². The summed E-state index contributed by atoms with van der Waals surface area (Å²) in [5.74, 6) is 1.48. The van der Waals surface area contributed by atoms with Crippen LogP contribution in [0.1, 0.15) is 28.8 Å². The SMILES string of the molecule is COc1ccc(C(=O)Nc2ccc(OC3CCN(C)CC3)cc2)cc1C. The lowest BCUT2D eigenvalue weighted by molar-refractivity contribution is 0.102. The maximum Gasteiger partial charge on any atom is 0.255 e. The first-order valence-corrected chi connectivity index (χ1v) is 8.96. The van der Waals surface area contributed by atoms with Gasteiger partial charge in [0.25, 0.3) is 5.91 Å². The third-order valence-electron chi connectivity index (χ3n) is 4.74. The van der Waals surface area contributed by atoms with Gasteiger partial charge in [0, 0.05) is 24.3 Å². The first kappa shape index (κ1) is 18.3. The van der Waals surface area contributed by atoms with Crippen LogP contribution in [0, 0.1) is 6.92 Å². The molecule has 1 fully saturated rings. The summed E-state index contributed by atoms with van der Waals surface area (Å²) in [7, 11) is 3.76. The van der Waals surface area contributed by atoms with Crippen LogP contribution in [0.25, 0.3) is 0 Å². The molecule has 0 bridgehead atoms. The van der Waals surface area contributed by atoms with E-state index in [1.54, 1.807) is 13.2 Å². The minimum Gasteiger partial charge on any atom is -0.496 e. The molecular formula is C21H26N2O3. The molecule has 1 amide bonds. The number of nitrogens with one attached hydrogen (secondary N) is 1. The molecule has 1 saturated heterocycles. The van der Waals surface area contributed by atoms with Gasteiger partial charge >= 0.3 is 0 Å². The van der Waals surface area contributed by atoms with Gasteiger partial charge in [0.05, 0.1) is 7.11 Å². The molecule has 0 unspecified atom stereocenters. The van der Waals surface area contributed by atoms with Gasteiger partial charge < -0.3 is 19.7 Å². The molecule has 0 saturated carbocycles. The number of piperidine rings is 1. The third kappa shape index (κ3) is 4.55. The predicted octanol–water partition coefficient (Wildman–Crippen LogP) is 3.73. The van der Waals surface area contributed by atoms with Crippen LogP contribution in [0.5, 0.6) is 11.5 Å². The topological polar surface area (TPSA) is 50.8 Å². The predicted molar refractivity (Wildman–Crippen MR) is 103 cm³/mol. The maximum atomic E-state index is 12.4. The summed E-state index contributed by atoms with van der Waals surface area (Å²) in [6.45, 7) is 4.06. The van der Waals surface area contributed by atoms with E-state index in [1.165, 1.54) is 0 Å². The van der Waals surface area contributed by atoms with E-state index in [-0.39, 0.29) is 12.0 Å². The Balaban J connectivity index is 1.58. The van der Waals surface area contributed by atoms with Crippen molar-refractivity contribution in [2.75, 3.05) is 32.6 Å². The highest BCUT2D eigenvalue weighted by molar-refractivity contribution is 6.04. The highest BCUT2D eigenvalue weighted by Crippen LogP contribution is 2.22. The van der Waals surface area contributed by atoms with Crippen LogP contribution in [-0.4, -0.2) is 44.2 Å². The number of benzene rings is 2. The molecule has 3 rings (SSSR count). The lowest BCUT2D eigenvalue weighted by atomic mass is 10.1. The van der Waals surface area contributed by atoms with Crippen LogP contribution in [0.15, 0.2) is 42.5 Å². The standard InChI is InChI=1S/C21H26N2O3/c1-15-14-16(4-9-20(15)25-3)21(24)22-17-5-7-18(8-6-17)26-19-10-12-23(2)13-11-19/h4-9,14,19H,10-13H2,1-3H3,(H,22,24). The van der Waals surface area contributed by atoms with Crippen molar-refractivity contribution in [1.29, 1.82) is 0 Å². The lowest BCUT2D eigenvalue weighted by Crippen LogP contribution is -2.35. The number of amides is 1. The van der Waals surface area contributed by atoms with E-state index in [2.05, 4.69) is 17.3 Å². The number of methoxy groups -OCH3 is 1. The highest BCUT2D eigenvalue weighted by Gasteiger charge is 2.18. The average Bonchev–Trinajstić information content (AvgIpc) is 2.65. The van der Waals surface area contributed by atoms with Gasteiger partial charge in [0.1, 0.15) is 17.6 Å². The Kier molecular flexibility index (Phi) is 5.78. The molecule has 0 aromatic heterocycles. The first-order valence-electron chi connectivity index (χ1n) is 8.96. The molecule has 0 atom stereocenters. The number of hydrogen-bond acceptors (Lipinski definition) is 4. The van der Waals surface area contributed by atoms with Crippen molar-refractivity contribution in [2.45, 2.75) is 25.9 Å². The number of likely N-dealkylation sites (tertiary alicyclic amines) is 1. The molecule has 5 nitrogen and oxygen atoms in total. The molecule has 0 spiro atoms. The maximum absolute atomic E-state index is 12.4. The molecule has 2 aromatic rings. The van der Waals surface area contributed by atoms with E-state index in [4.69, 9.17) is 9.47 Å². The fourth-order valence-electron chi connectivity index (χ4n) is 3.13. The second-order valence-corrected chi connectivity index (χ2v) is 6.78. The Bertz CT molecular complexity index is 750. The van der Waals surface area contributed by atoms with Gasteiger partial charge in [0.2, 0.25) is 0 Å². The van der Waals surface area contributed by atoms with E-state index in [1.807, 2.05) is 43.3 Å². The van der Waals surface area contributed by atoms with Crippen molar-refractivity contribution in [3.8, 4) is 11.5 Å². The van der Waals surface area contributed by atoms with Gasteiger partial charge in [-0.25, -0.2) is 0 Å². The lowest BCUT2D eigenvalue weighted by Gasteiger charge is -2.29. The summed E-state index contributed by atoms with van der Waals surface area (Å²) >= 11 is 0. The van der Waals surface area contributed by atoms with Crippen LogP contribution in [0.2, 0.25) is 0 Å². The Morgan fingerprint density at radius 2 is 1.81 bits per heavy atom. The van der Waals surface area contributed by atoms with Gasteiger partial charge in [-0.1, -0.05) is 0 Å². The summed E-state index contributed by atoms with van der Waals surface area (Å²) in [5, 5.41) is 2.92. The van der Waals surface area contributed by atoms with Gasteiger partial charge in [-0.15, -0.1) is 0 Å². The van der Waals surface area contributed by atoms with Gasteiger partial charge in [-0.05, 0) is 74.8 Å². The summed E-state index contributed by atoms with van der Waals surface area (Å²) in [4.78, 5) is 14.7. The summed E-state index contributed by atoms with van der Waals surface area (Å²) < 4.78 is 11.3.